The van der Waals surface area contributed by atoms with Gasteiger partial charge in [0.1, 0.15) is 5.75 Å². The van der Waals surface area contributed by atoms with Crippen molar-refractivity contribution in [1.29, 1.82) is 0 Å². The normalized spacial score (nSPS) is 12.2. The van der Waals surface area contributed by atoms with Crippen LogP contribution in [0.4, 0.5) is 0 Å². The molecule has 0 aliphatic heterocycles. The van der Waals surface area contributed by atoms with Gasteiger partial charge in [0.25, 0.3) is 0 Å². The second-order valence-corrected chi connectivity index (χ2v) is 6.17. The molecule has 0 aromatic heterocycles. The molecule has 106 valence electrons. The number of nitrogens with two attached hydrogens (primary N) is 1. The summed E-state index contributed by atoms with van der Waals surface area (Å²) in [7, 11) is 1.68. The predicted octanol–water partition coefficient (Wildman–Crippen LogP) is 3.97. The molecule has 0 aliphatic rings. The van der Waals surface area contributed by atoms with Crippen LogP contribution in [0.25, 0.3) is 0 Å². The van der Waals surface area contributed by atoms with Gasteiger partial charge in [-0.25, -0.2) is 0 Å². The van der Waals surface area contributed by atoms with Gasteiger partial charge in [-0.15, -0.1) is 0 Å². The number of methoxy groups -OCH3 is 1. The van der Waals surface area contributed by atoms with Gasteiger partial charge in [0, 0.05) is 8.95 Å². The number of nitrogens with one attached hydrogen (secondary N) is 1. The molecule has 0 amide bonds. The molecule has 2 aromatic carbocycles. The van der Waals surface area contributed by atoms with Crippen molar-refractivity contribution in [2.75, 3.05) is 7.11 Å². The van der Waals surface area contributed by atoms with Crippen molar-refractivity contribution in [3.05, 3.63) is 62.5 Å². The number of rotatable bonds is 5. The van der Waals surface area contributed by atoms with Crippen LogP contribution >= 0.6 is 31.9 Å². The molecule has 1 atom stereocenters. The van der Waals surface area contributed by atoms with Crippen LogP contribution in [0.15, 0.2) is 51.4 Å². The molecule has 0 aliphatic carbocycles. The number of benzene rings is 2. The van der Waals surface area contributed by atoms with Gasteiger partial charge in [-0.1, -0.05) is 50.1 Å². The summed E-state index contributed by atoms with van der Waals surface area (Å²) in [4.78, 5) is 0. The molecule has 0 spiro atoms. The van der Waals surface area contributed by atoms with Crippen LogP contribution in [0.5, 0.6) is 5.75 Å². The second-order valence-electron chi connectivity index (χ2n) is 4.40. The van der Waals surface area contributed by atoms with Crippen molar-refractivity contribution in [3.63, 3.8) is 0 Å². The summed E-state index contributed by atoms with van der Waals surface area (Å²) in [5.74, 6) is 6.59. The molecular formula is C15H16Br2N2O. The molecule has 2 rings (SSSR count). The summed E-state index contributed by atoms with van der Waals surface area (Å²) in [6, 6.07) is 14.0. The zero-order valence-corrected chi connectivity index (χ0v) is 14.2. The van der Waals surface area contributed by atoms with Gasteiger partial charge >= 0.3 is 0 Å². The van der Waals surface area contributed by atoms with Crippen molar-refractivity contribution < 1.29 is 4.74 Å². The Bertz CT molecular complexity index is 590. The monoisotopic (exact) mass is 398 g/mol. The number of halogens is 2. The Hall–Kier alpha value is -0.880. The maximum absolute atomic E-state index is 5.73. The number of ether oxygens (including phenoxy) is 1. The fourth-order valence-corrected chi connectivity index (χ4v) is 3.11. The van der Waals surface area contributed by atoms with E-state index in [1.807, 2.05) is 30.3 Å². The Morgan fingerprint density at radius 1 is 1.20 bits per heavy atom. The minimum atomic E-state index is 0.00812. The van der Waals surface area contributed by atoms with E-state index in [1.54, 1.807) is 7.11 Å². The third-order valence-electron chi connectivity index (χ3n) is 3.15. The van der Waals surface area contributed by atoms with Crippen LogP contribution in [0.2, 0.25) is 0 Å². The lowest BCUT2D eigenvalue weighted by molar-refractivity contribution is 0.405. The molecule has 1 unspecified atom stereocenters. The van der Waals surface area contributed by atoms with Gasteiger partial charge in [-0.2, -0.15) is 0 Å². The lowest BCUT2D eigenvalue weighted by Crippen LogP contribution is -2.30. The molecule has 0 fully saturated rings. The number of hydrazine groups is 1. The van der Waals surface area contributed by atoms with Gasteiger partial charge in [0.2, 0.25) is 0 Å². The van der Waals surface area contributed by atoms with Gasteiger partial charge in [0.15, 0.2) is 0 Å². The van der Waals surface area contributed by atoms with Crippen LogP contribution in [-0.4, -0.2) is 7.11 Å². The molecule has 3 N–H and O–H groups in total. The lowest BCUT2D eigenvalue weighted by atomic mass is 9.99. The molecule has 0 radical (unpaired) electrons. The van der Waals surface area contributed by atoms with Crippen LogP contribution < -0.4 is 16.0 Å². The van der Waals surface area contributed by atoms with Crippen LogP contribution in [0.3, 0.4) is 0 Å². The van der Waals surface area contributed by atoms with Crippen molar-refractivity contribution in [2.24, 2.45) is 5.84 Å². The minimum absolute atomic E-state index is 0.00812. The van der Waals surface area contributed by atoms with Gasteiger partial charge < -0.3 is 4.74 Å². The SMILES string of the molecule is COc1ccc(Br)cc1CC(NN)c1ccccc1Br. The lowest BCUT2D eigenvalue weighted by Gasteiger charge is -2.19. The Balaban J connectivity index is 2.31. The van der Waals surface area contributed by atoms with E-state index in [4.69, 9.17) is 10.6 Å². The quantitative estimate of drug-likeness (QED) is 0.590. The largest absolute Gasteiger partial charge is 0.496 e. The molecule has 0 heterocycles. The standard InChI is InChI=1S/C15H16Br2N2O/c1-20-15-7-6-11(16)8-10(15)9-14(19-18)12-4-2-3-5-13(12)17/h2-8,14,19H,9,18H2,1H3. The molecule has 2 aromatic rings. The van der Waals surface area contributed by atoms with Crippen molar-refractivity contribution in [1.82, 2.24) is 5.43 Å². The first-order valence-corrected chi connectivity index (χ1v) is 7.77. The molecule has 5 heteroatoms. The van der Waals surface area contributed by atoms with Gasteiger partial charge in [-0.05, 0) is 41.8 Å². The molecule has 0 saturated heterocycles. The third-order valence-corrected chi connectivity index (χ3v) is 4.36. The van der Waals surface area contributed by atoms with E-state index in [-0.39, 0.29) is 6.04 Å². The fourth-order valence-electron chi connectivity index (χ4n) is 2.14. The van der Waals surface area contributed by atoms with E-state index >= 15 is 0 Å². The maximum atomic E-state index is 5.73. The first kappa shape index (κ1) is 15.5. The molecule has 3 nitrogen and oxygen atoms in total. The van der Waals surface area contributed by atoms with Crippen LogP contribution in [0, 0.1) is 0 Å². The average Bonchev–Trinajstić information content (AvgIpc) is 2.46. The Morgan fingerprint density at radius 3 is 2.60 bits per heavy atom. The molecular weight excluding hydrogens is 384 g/mol. The molecule has 20 heavy (non-hydrogen) atoms. The summed E-state index contributed by atoms with van der Waals surface area (Å²) < 4.78 is 7.47. The zero-order valence-electron chi connectivity index (χ0n) is 11.1. The van der Waals surface area contributed by atoms with Crippen molar-refractivity contribution in [2.45, 2.75) is 12.5 Å². The van der Waals surface area contributed by atoms with E-state index < -0.39 is 0 Å². The van der Waals surface area contributed by atoms with E-state index in [1.165, 1.54) is 0 Å². The summed E-state index contributed by atoms with van der Waals surface area (Å²) in [5.41, 5.74) is 5.10. The van der Waals surface area contributed by atoms with Crippen LogP contribution in [0.1, 0.15) is 17.2 Å². The van der Waals surface area contributed by atoms with Crippen LogP contribution in [-0.2, 0) is 6.42 Å². The summed E-state index contributed by atoms with van der Waals surface area (Å²) in [6.45, 7) is 0. The highest BCUT2D eigenvalue weighted by atomic mass is 79.9. The highest BCUT2D eigenvalue weighted by molar-refractivity contribution is 9.10. The first-order valence-electron chi connectivity index (χ1n) is 6.18. The third kappa shape index (κ3) is 3.61. The van der Waals surface area contributed by atoms with Gasteiger partial charge in [0.05, 0.1) is 13.2 Å². The average molecular weight is 400 g/mol. The van der Waals surface area contributed by atoms with Gasteiger partial charge in [-0.3, -0.25) is 11.3 Å². The number of hydrogen-bond donors (Lipinski definition) is 2. The highest BCUT2D eigenvalue weighted by Crippen LogP contribution is 2.30. The Labute approximate surface area is 135 Å². The second kappa shape index (κ2) is 7.22. The smallest absolute Gasteiger partial charge is 0.122 e. The summed E-state index contributed by atoms with van der Waals surface area (Å²) in [5, 5.41) is 0. The van der Waals surface area contributed by atoms with Crippen molar-refractivity contribution >= 4 is 31.9 Å². The topological polar surface area (TPSA) is 47.3 Å². The summed E-state index contributed by atoms with van der Waals surface area (Å²) >= 11 is 7.06. The molecule has 0 saturated carbocycles. The fraction of sp³-hybridized carbons (Fsp3) is 0.200. The van der Waals surface area contributed by atoms with E-state index in [0.29, 0.717) is 0 Å². The minimum Gasteiger partial charge on any atom is -0.496 e. The predicted molar refractivity (Wildman–Crippen MR) is 88.6 cm³/mol. The number of hydrogen-bond acceptors (Lipinski definition) is 3. The Kier molecular flexibility index (Phi) is 5.60. The highest BCUT2D eigenvalue weighted by Gasteiger charge is 2.16. The summed E-state index contributed by atoms with van der Waals surface area (Å²) in [6.07, 6.45) is 0.738. The first-order chi connectivity index (χ1) is 9.65. The molecule has 0 bridgehead atoms. The maximum Gasteiger partial charge on any atom is 0.122 e. The Morgan fingerprint density at radius 2 is 1.95 bits per heavy atom. The van der Waals surface area contributed by atoms with Crippen molar-refractivity contribution in [3.8, 4) is 5.75 Å². The zero-order chi connectivity index (χ0) is 14.5. The van der Waals surface area contributed by atoms with E-state index in [0.717, 1.165) is 32.2 Å². The van der Waals surface area contributed by atoms with E-state index in [9.17, 15) is 0 Å². The van der Waals surface area contributed by atoms with E-state index in [2.05, 4.69) is 49.4 Å².